The summed E-state index contributed by atoms with van der Waals surface area (Å²) in [6.07, 6.45) is -6.18. The van der Waals surface area contributed by atoms with E-state index in [-0.39, 0.29) is 23.5 Å². The number of amides is 1. The Bertz CT molecular complexity index is 1600. The number of ether oxygens (including phenoxy) is 2. The number of halogens is 6. The van der Waals surface area contributed by atoms with Crippen LogP contribution in [-0.4, -0.2) is 60.7 Å². The van der Waals surface area contributed by atoms with Gasteiger partial charge in [0.15, 0.2) is 16.7 Å². The van der Waals surface area contributed by atoms with E-state index in [9.17, 15) is 31.1 Å². The fourth-order valence-corrected chi connectivity index (χ4v) is 6.15. The summed E-state index contributed by atoms with van der Waals surface area (Å²) in [7, 11) is 1.34. The number of hydrogen-bond acceptors (Lipinski definition) is 6. The van der Waals surface area contributed by atoms with E-state index in [0.717, 1.165) is 51.6 Å². The lowest BCUT2D eigenvalue weighted by atomic mass is 10.0. The van der Waals surface area contributed by atoms with Crippen molar-refractivity contribution in [1.29, 1.82) is 0 Å². The standard InChI is InChI=1S/C33H31F6N3O3S/c1-44-28-18-23(9-12-27(28)45-21-24-10-11-25(32(34,35)36)20-26(24)33(37,38)39)19-29-30(43)40-31(46-29)42-16-14-41(15-17-42)13-5-8-22-6-3-2-4-7-22/h2-4,6-7,9-12,18-20H,5,8,13-17,21H2,1H3/b29-19+. The molecule has 0 aromatic heterocycles. The maximum atomic E-state index is 13.5. The molecule has 1 fully saturated rings. The van der Waals surface area contributed by atoms with E-state index in [1.165, 1.54) is 30.5 Å². The van der Waals surface area contributed by atoms with Crippen LogP contribution in [0.1, 0.15) is 34.2 Å². The largest absolute Gasteiger partial charge is 0.493 e. The van der Waals surface area contributed by atoms with Crippen LogP contribution in [0.4, 0.5) is 26.3 Å². The summed E-state index contributed by atoms with van der Waals surface area (Å²) in [4.78, 5) is 21.9. The quantitative estimate of drug-likeness (QED) is 0.174. The van der Waals surface area contributed by atoms with Crippen molar-refractivity contribution in [2.24, 2.45) is 4.99 Å². The fourth-order valence-electron chi connectivity index (χ4n) is 5.19. The van der Waals surface area contributed by atoms with Crippen LogP contribution in [0.2, 0.25) is 0 Å². The molecule has 2 heterocycles. The highest BCUT2D eigenvalue weighted by atomic mass is 32.2. The predicted molar refractivity (Wildman–Crippen MR) is 165 cm³/mol. The highest BCUT2D eigenvalue weighted by molar-refractivity contribution is 8.18. The number of methoxy groups -OCH3 is 1. The minimum Gasteiger partial charge on any atom is -0.493 e. The highest BCUT2D eigenvalue weighted by Crippen LogP contribution is 2.39. The fraction of sp³-hybridized carbons (Fsp3) is 0.333. The molecule has 5 rings (SSSR count). The number of benzene rings is 3. The minimum absolute atomic E-state index is 0.0743. The Hall–Kier alpha value is -3.97. The average Bonchev–Trinajstić information content (AvgIpc) is 3.39. The van der Waals surface area contributed by atoms with E-state index in [2.05, 4.69) is 26.9 Å². The third kappa shape index (κ3) is 8.43. The van der Waals surface area contributed by atoms with E-state index >= 15 is 0 Å². The van der Waals surface area contributed by atoms with Crippen LogP contribution in [-0.2, 0) is 30.2 Å². The normalized spacial score (nSPS) is 17.0. The summed E-state index contributed by atoms with van der Waals surface area (Å²) in [5.74, 6) is -0.108. The van der Waals surface area contributed by atoms with Gasteiger partial charge >= 0.3 is 12.4 Å². The second-order valence-electron chi connectivity index (χ2n) is 10.8. The molecule has 0 atom stereocenters. The first-order chi connectivity index (χ1) is 21.9. The summed E-state index contributed by atoms with van der Waals surface area (Å²) >= 11 is 1.28. The number of aryl methyl sites for hydroxylation is 1. The van der Waals surface area contributed by atoms with Gasteiger partial charge in [0.2, 0.25) is 0 Å². The first-order valence-corrected chi connectivity index (χ1v) is 15.3. The van der Waals surface area contributed by atoms with Crippen molar-refractivity contribution in [3.05, 3.63) is 99.5 Å². The van der Waals surface area contributed by atoms with Crippen LogP contribution in [0.3, 0.4) is 0 Å². The molecule has 0 radical (unpaired) electrons. The minimum atomic E-state index is -5.01. The molecule has 1 amide bonds. The summed E-state index contributed by atoms with van der Waals surface area (Å²) in [5.41, 5.74) is -1.39. The molecule has 2 aliphatic heterocycles. The number of thioether (sulfide) groups is 1. The molecule has 2 aliphatic rings. The van der Waals surface area contributed by atoms with Crippen LogP contribution < -0.4 is 9.47 Å². The zero-order valence-electron chi connectivity index (χ0n) is 24.8. The molecule has 0 aliphatic carbocycles. The Kier molecular flexibility index (Phi) is 10.3. The maximum Gasteiger partial charge on any atom is 0.416 e. The molecule has 3 aromatic carbocycles. The van der Waals surface area contributed by atoms with Crippen LogP contribution in [0.25, 0.3) is 6.08 Å². The summed E-state index contributed by atoms with van der Waals surface area (Å²) in [6, 6.07) is 16.4. The zero-order valence-corrected chi connectivity index (χ0v) is 25.6. The number of aliphatic imine (C=N–C) groups is 1. The number of piperazine rings is 1. The van der Waals surface area contributed by atoms with Gasteiger partial charge in [0.1, 0.15) is 6.61 Å². The van der Waals surface area contributed by atoms with E-state index in [4.69, 9.17) is 9.47 Å². The van der Waals surface area contributed by atoms with Gasteiger partial charge in [0.25, 0.3) is 5.91 Å². The molecule has 0 spiro atoms. The molecule has 1 saturated heterocycles. The lowest BCUT2D eigenvalue weighted by Crippen LogP contribution is -2.47. The van der Waals surface area contributed by atoms with Gasteiger partial charge in [-0.05, 0) is 72.6 Å². The van der Waals surface area contributed by atoms with Gasteiger partial charge in [-0.2, -0.15) is 31.3 Å². The summed E-state index contributed by atoms with van der Waals surface area (Å²) in [6.45, 7) is 3.62. The molecule has 0 saturated carbocycles. The van der Waals surface area contributed by atoms with Crippen molar-refractivity contribution in [3.8, 4) is 11.5 Å². The monoisotopic (exact) mass is 663 g/mol. The average molecular weight is 664 g/mol. The number of alkyl halides is 6. The molecule has 244 valence electrons. The Morgan fingerprint density at radius 3 is 2.30 bits per heavy atom. The van der Waals surface area contributed by atoms with Crippen LogP contribution >= 0.6 is 11.8 Å². The molecule has 3 aromatic rings. The van der Waals surface area contributed by atoms with E-state index in [1.54, 1.807) is 18.2 Å². The Morgan fingerprint density at radius 1 is 0.891 bits per heavy atom. The van der Waals surface area contributed by atoms with Gasteiger partial charge in [-0.3, -0.25) is 9.69 Å². The van der Waals surface area contributed by atoms with Crippen LogP contribution in [0.5, 0.6) is 11.5 Å². The topological polar surface area (TPSA) is 54.4 Å². The molecule has 13 heteroatoms. The summed E-state index contributed by atoms with van der Waals surface area (Å²) in [5, 5.41) is 0.643. The van der Waals surface area contributed by atoms with Gasteiger partial charge in [0.05, 0.1) is 23.1 Å². The lowest BCUT2D eigenvalue weighted by molar-refractivity contribution is -0.143. The maximum absolute atomic E-state index is 13.5. The lowest BCUT2D eigenvalue weighted by Gasteiger charge is -2.35. The van der Waals surface area contributed by atoms with E-state index in [1.807, 2.05) is 18.2 Å². The Balaban J connectivity index is 1.17. The Labute approximate surface area is 266 Å². The van der Waals surface area contributed by atoms with Crippen molar-refractivity contribution in [3.63, 3.8) is 0 Å². The predicted octanol–water partition coefficient (Wildman–Crippen LogP) is 7.53. The number of amidine groups is 1. The molecule has 46 heavy (non-hydrogen) atoms. The molecular weight excluding hydrogens is 632 g/mol. The van der Waals surface area contributed by atoms with Gasteiger partial charge in [-0.25, -0.2) is 0 Å². The third-order valence-electron chi connectivity index (χ3n) is 7.65. The number of hydrogen-bond donors (Lipinski definition) is 0. The number of carbonyl (C=O) groups excluding carboxylic acids is 1. The summed E-state index contributed by atoms with van der Waals surface area (Å²) < 4.78 is 90.5. The van der Waals surface area contributed by atoms with Crippen LogP contribution in [0.15, 0.2) is 76.6 Å². The second-order valence-corrected chi connectivity index (χ2v) is 11.8. The van der Waals surface area contributed by atoms with Gasteiger partial charge in [-0.1, -0.05) is 42.5 Å². The molecule has 0 N–H and O–H groups in total. The molecule has 6 nitrogen and oxygen atoms in total. The van der Waals surface area contributed by atoms with Crippen molar-refractivity contribution in [2.45, 2.75) is 31.8 Å². The second kappa shape index (κ2) is 14.2. The molecule has 0 unspecified atom stereocenters. The number of nitrogens with zero attached hydrogens (tertiary/aromatic N) is 3. The van der Waals surface area contributed by atoms with Crippen molar-refractivity contribution < 1.29 is 40.6 Å². The zero-order chi connectivity index (χ0) is 32.9. The SMILES string of the molecule is COc1cc(/C=C2/SC(N3CCN(CCCc4ccccc4)CC3)=NC2=O)ccc1OCc1ccc(C(F)(F)F)cc1C(F)(F)F. The molecule has 0 bridgehead atoms. The Morgan fingerprint density at radius 2 is 1.63 bits per heavy atom. The van der Waals surface area contributed by atoms with Crippen molar-refractivity contribution >= 4 is 28.9 Å². The number of carbonyl (C=O) groups is 1. The molecular formula is C33H31F6N3O3S. The highest BCUT2D eigenvalue weighted by Gasteiger charge is 2.38. The smallest absolute Gasteiger partial charge is 0.416 e. The third-order valence-corrected chi connectivity index (χ3v) is 8.69. The van der Waals surface area contributed by atoms with E-state index < -0.39 is 35.6 Å². The van der Waals surface area contributed by atoms with Crippen molar-refractivity contribution in [1.82, 2.24) is 9.80 Å². The van der Waals surface area contributed by atoms with Gasteiger partial charge in [0, 0.05) is 31.7 Å². The van der Waals surface area contributed by atoms with Crippen LogP contribution in [0, 0.1) is 0 Å². The van der Waals surface area contributed by atoms with Gasteiger partial charge in [-0.15, -0.1) is 0 Å². The first-order valence-electron chi connectivity index (χ1n) is 14.5. The first kappa shape index (κ1) is 33.4. The van der Waals surface area contributed by atoms with E-state index in [0.29, 0.717) is 21.7 Å². The van der Waals surface area contributed by atoms with Crippen molar-refractivity contribution in [2.75, 3.05) is 39.8 Å². The van der Waals surface area contributed by atoms with Gasteiger partial charge < -0.3 is 14.4 Å². The number of rotatable bonds is 9.